The molecule has 6 heteroatoms. The van der Waals surface area contributed by atoms with Crippen LogP contribution in [0.2, 0.25) is 0 Å². The second-order valence-corrected chi connectivity index (χ2v) is 4.42. The number of ether oxygens (including phenoxy) is 1. The quantitative estimate of drug-likeness (QED) is 0.900. The number of aromatic nitrogens is 3. The highest BCUT2D eigenvalue weighted by molar-refractivity contribution is 5.66. The van der Waals surface area contributed by atoms with Crippen LogP contribution in [-0.4, -0.2) is 36.2 Å². The predicted molar refractivity (Wildman–Crippen MR) is 75.3 cm³/mol. The van der Waals surface area contributed by atoms with E-state index in [1.807, 2.05) is 39.2 Å². The molecule has 0 aliphatic heterocycles. The molecule has 0 bridgehead atoms. The van der Waals surface area contributed by atoms with E-state index < -0.39 is 0 Å². The van der Waals surface area contributed by atoms with Crippen molar-refractivity contribution in [2.45, 2.75) is 6.92 Å². The van der Waals surface area contributed by atoms with Crippen molar-refractivity contribution in [1.29, 1.82) is 0 Å². The van der Waals surface area contributed by atoms with Gasteiger partial charge in [0.15, 0.2) is 5.82 Å². The number of benzene rings is 1. The summed E-state index contributed by atoms with van der Waals surface area (Å²) < 4.78 is 5.34. The zero-order chi connectivity index (χ0) is 14.0. The van der Waals surface area contributed by atoms with Gasteiger partial charge in [0.25, 0.3) is 0 Å². The van der Waals surface area contributed by atoms with Gasteiger partial charge in [-0.3, -0.25) is 0 Å². The van der Waals surface area contributed by atoms with Crippen LogP contribution in [0, 0.1) is 6.92 Å². The van der Waals surface area contributed by atoms with Crippen molar-refractivity contribution in [1.82, 2.24) is 15.0 Å². The molecule has 0 aliphatic rings. The Bertz CT molecular complexity index is 598. The van der Waals surface area contributed by atoms with Gasteiger partial charge in [0, 0.05) is 14.1 Å². The molecule has 19 heavy (non-hydrogen) atoms. The predicted octanol–water partition coefficient (Wildman–Crippen LogP) is 1.50. The van der Waals surface area contributed by atoms with Gasteiger partial charge in [-0.15, -0.1) is 0 Å². The number of hydrogen-bond donors (Lipinski definition) is 1. The Morgan fingerprint density at radius 1 is 1.16 bits per heavy atom. The lowest BCUT2D eigenvalue weighted by molar-refractivity contribution is 0.416. The Morgan fingerprint density at radius 3 is 2.53 bits per heavy atom. The van der Waals surface area contributed by atoms with Gasteiger partial charge in [0.05, 0.1) is 12.7 Å². The summed E-state index contributed by atoms with van der Waals surface area (Å²) in [6, 6.07) is 5.83. The van der Waals surface area contributed by atoms with Gasteiger partial charge in [-0.25, -0.2) is 0 Å². The monoisotopic (exact) mass is 259 g/mol. The molecule has 0 amide bonds. The molecule has 100 valence electrons. The SMILES string of the molecule is COc1ccc(C)cc1-c1nc(N)nc(N(C)C)n1. The van der Waals surface area contributed by atoms with Crippen molar-refractivity contribution in [3.05, 3.63) is 23.8 Å². The summed E-state index contributed by atoms with van der Waals surface area (Å²) in [7, 11) is 5.32. The molecule has 6 nitrogen and oxygen atoms in total. The number of anilines is 2. The van der Waals surface area contributed by atoms with Crippen LogP contribution in [0.25, 0.3) is 11.4 Å². The topological polar surface area (TPSA) is 77.2 Å². The molecule has 2 rings (SSSR count). The highest BCUT2D eigenvalue weighted by atomic mass is 16.5. The fraction of sp³-hybridized carbons (Fsp3) is 0.308. The lowest BCUT2D eigenvalue weighted by Gasteiger charge is -2.13. The minimum absolute atomic E-state index is 0.192. The van der Waals surface area contributed by atoms with Crippen LogP contribution in [0.5, 0.6) is 5.75 Å². The van der Waals surface area contributed by atoms with Crippen molar-refractivity contribution in [3.63, 3.8) is 0 Å². The minimum atomic E-state index is 0.192. The third-order valence-electron chi connectivity index (χ3n) is 2.64. The first-order chi connectivity index (χ1) is 9.01. The molecule has 1 aromatic carbocycles. The van der Waals surface area contributed by atoms with E-state index in [1.165, 1.54) is 0 Å². The number of hydrogen-bond acceptors (Lipinski definition) is 6. The molecule has 2 N–H and O–H groups in total. The minimum Gasteiger partial charge on any atom is -0.496 e. The molecule has 0 fully saturated rings. The van der Waals surface area contributed by atoms with E-state index in [-0.39, 0.29) is 5.95 Å². The average molecular weight is 259 g/mol. The zero-order valence-electron chi connectivity index (χ0n) is 11.5. The van der Waals surface area contributed by atoms with Gasteiger partial charge in [-0.2, -0.15) is 15.0 Å². The zero-order valence-corrected chi connectivity index (χ0v) is 11.5. The maximum atomic E-state index is 5.73. The Balaban J connectivity index is 2.61. The second-order valence-electron chi connectivity index (χ2n) is 4.42. The fourth-order valence-corrected chi connectivity index (χ4v) is 1.70. The summed E-state index contributed by atoms with van der Waals surface area (Å²) in [5, 5.41) is 0. The van der Waals surface area contributed by atoms with Crippen LogP contribution in [0.3, 0.4) is 0 Å². The molecule has 1 heterocycles. The van der Waals surface area contributed by atoms with E-state index >= 15 is 0 Å². The molecular weight excluding hydrogens is 242 g/mol. The number of aryl methyl sites for hydroxylation is 1. The number of nitrogen functional groups attached to an aromatic ring is 1. The summed E-state index contributed by atoms with van der Waals surface area (Å²) in [4.78, 5) is 14.4. The molecule has 0 aliphatic carbocycles. The molecule has 0 saturated carbocycles. The standard InChI is InChI=1S/C13H17N5O/c1-8-5-6-10(19-4)9(7-8)11-15-12(14)17-13(16-11)18(2)3/h5-7H,1-4H3,(H2,14,15,16,17). The third kappa shape index (κ3) is 2.73. The lowest BCUT2D eigenvalue weighted by atomic mass is 10.1. The summed E-state index contributed by atoms with van der Waals surface area (Å²) >= 11 is 0. The number of methoxy groups -OCH3 is 1. The third-order valence-corrected chi connectivity index (χ3v) is 2.64. The van der Waals surface area contributed by atoms with E-state index in [2.05, 4.69) is 15.0 Å². The van der Waals surface area contributed by atoms with E-state index in [4.69, 9.17) is 10.5 Å². The Labute approximate surface area is 112 Å². The highest BCUT2D eigenvalue weighted by Crippen LogP contribution is 2.29. The van der Waals surface area contributed by atoms with Gasteiger partial charge < -0.3 is 15.4 Å². The van der Waals surface area contributed by atoms with Gasteiger partial charge >= 0.3 is 0 Å². The van der Waals surface area contributed by atoms with Crippen molar-refractivity contribution in [2.75, 3.05) is 31.8 Å². The number of rotatable bonds is 3. The van der Waals surface area contributed by atoms with Crippen LogP contribution in [0.15, 0.2) is 18.2 Å². The molecule has 0 spiro atoms. The number of nitrogens with two attached hydrogens (primary N) is 1. The Kier molecular flexibility index (Phi) is 3.50. The Morgan fingerprint density at radius 2 is 1.89 bits per heavy atom. The van der Waals surface area contributed by atoms with Crippen LogP contribution in [0.4, 0.5) is 11.9 Å². The fourth-order valence-electron chi connectivity index (χ4n) is 1.70. The second kappa shape index (κ2) is 5.09. The average Bonchev–Trinajstić information content (AvgIpc) is 2.37. The van der Waals surface area contributed by atoms with E-state index in [0.717, 1.165) is 11.1 Å². The molecular formula is C13H17N5O. The summed E-state index contributed by atoms with van der Waals surface area (Å²) in [5.74, 6) is 1.93. The molecule has 0 atom stereocenters. The van der Waals surface area contributed by atoms with E-state index in [9.17, 15) is 0 Å². The van der Waals surface area contributed by atoms with Gasteiger partial charge in [-0.05, 0) is 19.1 Å². The summed E-state index contributed by atoms with van der Waals surface area (Å²) in [6.07, 6.45) is 0. The Hall–Kier alpha value is -2.37. The largest absolute Gasteiger partial charge is 0.496 e. The first-order valence-electron chi connectivity index (χ1n) is 5.85. The summed E-state index contributed by atoms with van der Waals surface area (Å²) in [6.45, 7) is 2.00. The van der Waals surface area contributed by atoms with Crippen molar-refractivity contribution in [2.24, 2.45) is 0 Å². The first kappa shape index (κ1) is 13.1. The highest BCUT2D eigenvalue weighted by Gasteiger charge is 2.12. The lowest BCUT2D eigenvalue weighted by Crippen LogP contribution is -2.15. The van der Waals surface area contributed by atoms with Crippen LogP contribution >= 0.6 is 0 Å². The normalized spacial score (nSPS) is 10.3. The van der Waals surface area contributed by atoms with Gasteiger partial charge in [0.1, 0.15) is 5.75 Å². The smallest absolute Gasteiger partial charge is 0.230 e. The van der Waals surface area contributed by atoms with Crippen LogP contribution in [0.1, 0.15) is 5.56 Å². The van der Waals surface area contributed by atoms with E-state index in [1.54, 1.807) is 12.0 Å². The molecule has 2 aromatic rings. The van der Waals surface area contributed by atoms with Gasteiger partial charge in [0.2, 0.25) is 11.9 Å². The van der Waals surface area contributed by atoms with Crippen molar-refractivity contribution < 1.29 is 4.74 Å². The van der Waals surface area contributed by atoms with E-state index in [0.29, 0.717) is 17.5 Å². The molecule has 1 aromatic heterocycles. The maximum absolute atomic E-state index is 5.73. The molecule has 0 radical (unpaired) electrons. The van der Waals surface area contributed by atoms with Crippen LogP contribution < -0.4 is 15.4 Å². The first-order valence-corrected chi connectivity index (χ1v) is 5.85. The van der Waals surface area contributed by atoms with Crippen molar-refractivity contribution in [3.8, 4) is 17.1 Å². The van der Waals surface area contributed by atoms with Gasteiger partial charge in [-0.1, -0.05) is 11.6 Å². The summed E-state index contributed by atoms with van der Waals surface area (Å²) in [5.41, 5.74) is 7.64. The van der Waals surface area contributed by atoms with Crippen LogP contribution in [-0.2, 0) is 0 Å². The van der Waals surface area contributed by atoms with Crippen molar-refractivity contribution >= 4 is 11.9 Å². The maximum Gasteiger partial charge on any atom is 0.230 e. The number of nitrogens with zero attached hydrogens (tertiary/aromatic N) is 4. The molecule has 0 unspecified atom stereocenters. The molecule has 0 saturated heterocycles.